The van der Waals surface area contributed by atoms with Gasteiger partial charge >= 0.3 is 6.18 Å². The highest BCUT2D eigenvalue weighted by Gasteiger charge is 2.36. The Balaban J connectivity index is 2.79. The average Bonchev–Trinajstić information content (AvgIpc) is 2.75. The molecule has 7 nitrogen and oxygen atoms in total. The average molecular weight is 304 g/mol. The zero-order valence-electron chi connectivity index (χ0n) is 9.90. The second-order valence-corrected chi connectivity index (χ2v) is 5.81. The van der Waals surface area contributed by atoms with Crippen molar-refractivity contribution in [3.63, 3.8) is 0 Å². The number of alkyl halides is 3. The van der Waals surface area contributed by atoms with E-state index in [0.717, 1.165) is 0 Å². The Bertz CT molecular complexity index is 419. The molecule has 0 saturated carbocycles. The maximum absolute atomic E-state index is 12.0. The third-order valence-electron chi connectivity index (χ3n) is 2.52. The lowest BCUT2D eigenvalue weighted by molar-refractivity contribution is -0.121. The smallest absolute Gasteiger partial charge is 0.369 e. The molecule has 1 rings (SSSR count). The largest absolute Gasteiger partial charge is 0.402 e. The van der Waals surface area contributed by atoms with Crippen molar-refractivity contribution in [1.29, 1.82) is 0 Å². The third kappa shape index (κ3) is 5.30. The van der Waals surface area contributed by atoms with Crippen LogP contribution in [0.3, 0.4) is 0 Å². The van der Waals surface area contributed by atoms with E-state index in [1.807, 2.05) is 0 Å². The van der Waals surface area contributed by atoms with E-state index in [1.165, 1.54) is 4.72 Å². The van der Waals surface area contributed by atoms with Gasteiger partial charge in [-0.15, -0.1) is 0 Å². The summed E-state index contributed by atoms with van der Waals surface area (Å²) in [6.45, 7) is -1.56. The maximum atomic E-state index is 12.0. The van der Waals surface area contributed by atoms with E-state index in [1.54, 1.807) is 0 Å². The molecule has 0 aliphatic carbocycles. The van der Waals surface area contributed by atoms with Crippen molar-refractivity contribution in [1.82, 2.24) is 14.3 Å². The van der Waals surface area contributed by atoms with Gasteiger partial charge in [0.05, 0.1) is 6.54 Å². The van der Waals surface area contributed by atoms with E-state index >= 15 is 0 Å². The predicted molar refractivity (Wildman–Crippen MR) is 60.2 cm³/mol. The number of primary amides is 1. The van der Waals surface area contributed by atoms with Gasteiger partial charge in [0.1, 0.15) is 6.54 Å². The van der Waals surface area contributed by atoms with Crippen LogP contribution in [0.1, 0.15) is 6.42 Å². The molecule has 0 aromatic heterocycles. The fraction of sp³-hybridized carbons (Fsp3) is 0.875. The molecule has 0 radical (unpaired) electrons. The minimum absolute atomic E-state index is 0.264. The first-order chi connectivity index (χ1) is 8.62. The van der Waals surface area contributed by atoms with Crippen LogP contribution in [0.15, 0.2) is 0 Å². The molecule has 11 heteroatoms. The molecule has 1 aliphatic heterocycles. The van der Waals surface area contributed by atoms with Crippen molar-refractivity contribution < 1.29 is 26.4 Å². The summed E-state index contributed by atoms with van der Waals surface area (Å²) in [5, 5.41) is 2.86. The van der Waals surface area contributed by atoms with Crippen LogP contribution >= 0.6 is 0 Å². The SMILES string of the molecule is NC(=O)CN(C1CCNC1)S(=O)(=O)NCC(F)(F)F. The summed E-state index contributed by atoms with van der Waals surface area (Å²) in [5.74, 6) is -0.927. The first-order valence-corrected chi connectivity index (χ1v) is 6.88. The molecule has 1 amide bonds. The van der Waals surface area contributed by atoms with Crippen LogP contribution in [-0.2, 0) is 15.0 Å². The number of halogens is 3. The summed E-state index contributed by atoms with van der Waals surface area (Å²) in [6, 6.07) is -0.585. The molecule has 0 spiro atoms. The highest BCUT2D eigenvalue weighted by Crippen LogP contribution is 2.16. The number of hydrogen-bond acceptors (Lipinski definition) is 4. The van der Waals surface area contributed by atoms with Crippen LogP contribution in [0, 0.1) is 0 Å². The van der Waals surface area contributed by atoms with Gasteiger partial charge in [0.15, 0.2) is 0 Å². The predicted octanol–water partition coefficient (Wildman–Crippen LogP) is -1.47. The van der Waals surface area contributed by atoms with Crippen LogP contribution in [0.5, 0.6) is 0 Å². The Morgan fingerprint density at radius 1 is 1.47 bits per heavy atom. The molecule has 112 valence electrons. The lowest BCUT2D eigenvalue weighted by Crippen LogP contribution is -2.52. The fourth-order valence-electron chi connectivity index (χ4n) is 1.71. The zero-order valence-corrected chi connectivity index (χ0v) is 10.7. The molecule has 0 bridgehead atoms. The summed E-state index contributed by atoms with van der Waals surface area (Å²) >= 11 is 0. The summed E-state index contributed by atoms with van der Waals surface area (Å²) in [7, 11) is -4.41. The van der Waals surface area contributed by atoms with Crippen molar-refractivity contribution >= 4 is 16.1 Å². The Hall–Kier alpha value is -0.910. The van der Waals surface area contributed by atoms with Crippen LogP contribution in [0.2, 0.25) is 0 Å². The van der Waals surface area contributed by atoms with Crippen LogP contribution in [-0.4, -0.2) is 57.0 Å². The highest BCUT2D eigenvalue weighted by molar-refractivity contribution is 7.87. The Morgan fingerprint density at radius 3 is 2.53 bits per heavy atom. The number of carbonyl (C=O) groups excluding carboxylic acids is 1. The highest BCUT2D eigenvalue weighted by atomic mass is 32.2. The van der Waals surface area contributed by atoms with E-state index < -0.39 is 41.4 Å². The van der Waals surface area contributed by atoms with Crippen LogP contribution in [0.25, 0.3) is 0 Å². The maximum Gasteiger partial charge on any atom is 0.402 e. The van der Waals surface area contributed by atoms with Gasteiger partial charge in [-0.2, -0.15) is 30.6 Å². The standard InChI is InChI=1S/C8H15F3N4O3S/c9-8(10,11)5-14-19(17,18)15(4-7(12)16)6-1-2-13-3-6/h6,13-14H,1-5H2,(H2,12,16). The molecule has 0 aromatic rings. The Kier molecular flexibility index (Phi) is 5.12. The molecule has 1 aliphatic rings. The van der Waals surface area contributed by atoms with Gasteiger partial charge in [-0.1, -0.05) is 0 Å². The Labute approximate surface area is 108 Å². The van der Waals surface area contributed by atoms with Crippen LogP contribution < -0.4 is 15.8 Å². The molecular weight excluding hydrogens is 289 g/mol. The minimum Gasteiger partial charge on any atom is -0.369 e. The quantitative estimate of drug-likeness (QED) is 0.557. The second kappa shape index (κ2) is 6.03. The van der Waals surface area contributed by atoms with Crippen molar-refractivity contribution in [3.8, 4) is 0 Å². The van der Waals surface area contributed by atoms with Crippen molar-refractivity contribution in [3.05, 3.63) is 0 Å². The fourth-order valence-corrected chi connectivity index (χ4v) is 3.09. The zero-order chi connectivity index (χ0) is 14.7. The van der Waals surface area contributed by atoms with E-state index in [-0.39, 0.29) is 6.54 Å². The molecule has 1 saturated heterocycles. The van der Waals surface area contributed by atoms with Gasteiger partial charge < -0.3 is 11.1 Å². The van der Waals surface area contributed by atoms with Gasteiger partial charge in [-0.25, -0.2) is 0 Å². The van der Waals surface area contributed by atoms with Crippen molar-refractivity contribution in [2.45, 2.75) is 18.6 Å². The van der Waals surface area contributed by atoms with Gasteiger partial charge in [-0.05, 0) is 13.0 Å². The second-order valence-electron chi connectivity index (χ2n) is 4.10. The Morgan fingerprint density at radius 2 is 2.11 bits per heavy atom. The molecule has 4 N–H and O–H groups in total. The van der Waals surface area contributed by atoms with Crippen molar-refractivity contribution in [2.75, 3.05) is 26.2 Å². The molecule has 1 fully saturated rings. The van der Waals surface area contributed by atoms with E-state index in [2.05, 4.69) is 5.32 Å². The number of nitrogens with one attached hydrogen (secondary N) is 2. The number of nitrogens with zero attached hydrogens (tertiary/aromatic N) is 1. The third-order valence-corrected chi connectivity index (χ3v) is 4.07. The van der Waals surface area contributed by atoms with Gasteiger partial charge in [0.25, 0.3) is 10.2 Å². The molecule has 1 unspecified atom stereocenters. The topological polar surface area (TPSA) is 105 Å². The van der Waals surface area contributed by atoms with Crippen LogP contribution in [0.4, 0.5) is 13.2 Å². The normalized spacial score (nSPS) is 20.9. The first-order valence-electron chi connectivity index (χ1n) is 5.44. The lowest BCUT2D eigenvalue weighted by Gasteiger charge is -2.26. The number of hydrogen-bond donors (Lipinski definition) is 3. The molecule has 0 aromatic carbocycles. The van der Waals surface area contributed by atoms with E-state index in [4.69, 9.17) is 5.73 Å². The molecule has 1 atom stereocenters. The number of amides is 1. The summed E-state index contributed by atoms with van der Waals surface area (Å²) < 4.78 is 61.8. The van der Waals surface area contributed by atoms with E-state index in [0.29, 0.717) is 17.3 Å². The molecular formula is C8H15F3N4O3S. The first kappa shape index (κ1) is 16.1. The number of nitrogens with two attached hydrogens (primary N) is 1. The number of rotatable bonds is 6. The van der Waals surface area contributed by atoms with E-state index in [9.17, 15) is 26.4 Å². The van der Waals surface area contributed by atoms with Gasteiger partial charge in [-0.3, -0.25) is 4.79 Å². The summed E-state index contributed by atoms with van der Waals surface area (Å²) in [6.07, 6.45) is -4.26. The minimum atomic E-state index is -4.67. The lowest BCUT2D eigenvalue weighted by atomic mass is 10.2. The molecule has 19 heavy (non-hydrogen) atoms. The van der Waals surface area contributed by atoms with Gasteiger partial charge in [0.2, 0.25) is 5.91 Å². The molecule has 1 heterocycles. The monoisotopic (exact) mass is 304 g/mol. The number of carbonyl (C=O) groups is 1. The summed E-state index contributed by atoms with van der Waals surface area (Å²) in [5.41, 5.74) is 4.92. The summed E-state index contributed by atoms with van der Waals surface area (Å²) in [4.78, 5) is 10.9. The van der Waals surface area contributed by atoms with Gasteiger partial charge in [0, 0.05) is 12.6 Å². The van der Waals surface area contributed by atoms with Crippen molar-refractivity contribution in [2.24, 2.45) is 5.73 Å².